The summed E-state index contributed by atoms with van der Waals surface area (Å²) in [6.07, 6.45) is 9.52. The molecule has 0 aromatic heterocycles. The van der Waals surface area contributed by atoms with Gasteiger partial charge in [0, 0.05) is 10.8 Å². The predicted octanol–water partition coefficient (Wildman–Crippen LogP) is 4.86. The van der Waals surface area contributed by atoms with E-state index in [1.807, 2.05) is 0 Å². The third-order valence-electron chi connectivity index (χ3n) is 4.59. The number of hydrogen-bond acceptors (Lipinski definition) is 1. The lowest BCUT2D eigenvalue weighted by molar-refractivity contribution is 0.299. The number of ether oxygens (including phenoxy) is 1. The monoisotopic (exact) mass is 410 g/mol. The molecule has 2 fully saturated rings. The maximum atomic E-state index is 5.48. The molecule has 2 unspecified atom stereocenters. The number of hydrogen-bond donors (Lipinski definition) is 0. The van der Waals surface area contributed by atoms with Gasteiger partial charge in [-0.25, -0.2) is 0 Å². The van der Waals surface area contributed by atoms with E-state index in [4.69, 9.17) is 4.74 Å². The van der Waals surface area contributed by atoms with Crippen molar-refractivity contribution in [3.05, 3.63) is 22.4 Å². The van der Waals surface area contributed by atoms with Crippen LogP contribution >= 0.6 is 47.8 Å². The van der Waals surface area contributed by atoms with Crippen LogP contribution in [0, 0.1) is 10.8 Å². The van der Waals surface area contributed by atoms with Gasteiger partial charge in [0.1, 0.15) is 5.76 Å². The number of methoxy groups -OCH3 is 1. The van der Waals surface area contributed by atoms with Gasteiger partial charge in [-0.3, -0.25) is 0 Å². The van der Waals surface area contributed by atoms with Crippen LogP contribution in [-0.4, -0.2) is 10.3 Å². The minimum atomic E-state index is 0.0756. The van der Waals surface area contributed by atoms with Crippen molar-refractivity contribution in [2.45, 2.75) is 28.9 Å². The van der Waals surface area contributed by atoms with Crippen molar-refractivity contribution in [3.63, 3.8) is 0 Å². The Kier molecular flexibility index (Phi) is 2.49. The molecule has 3 aliphatic rings. The topological polar surface area (TPSA) is 9.23 Å². The SMILES string of the molecule is COC1=CC23CCCC2(CC=C1Br)C3(Br)Br. The van der Waals surface area contributed by atoms with Crippen LogP contribution in [-0.2, 0) is 4.74 Å². The Hall–Kier alpha value is 0.720. The second-order valence-electron chi connectivity index (χ2n) is 4.95. The maximum Gasteiger partial charge on any atom is 0.129 e. The molecule has 0 aromatic carbocycles. The van der Waals surface area contributed by atoms with Crippen LogP contribution in [0.1, 0.15) is 25.7 Å². The highest BCUT2D eigenvalue weighted by atomic mass is 79.9. The van der Waals surface area contributed by atoms with Crippen LogP contribution in [0.5, 0.6) is 0 Å². The molecule has 0 aliphatic heterocycles. The van der Waals surface area contributed by atoms with Crippen molar-refractivity contribution in [3.8, 4) is 0 Å². The van der Waals surface area contributed by atoms with E-state index in [-0.39, 0.29) is 8.65 Å². The first-order chi connectivity index (χ1) is 7.51. The van der Waals surface area contributed by atoms with Crippen LogP contribution in [0.15, 0.2) is 22.4 Å². The molecule has 1 nitrogen and oxygen atoms in total. The second kappa shape index (κ2) is 3.39. The molecular formula is C12H13Br3O. The lowest BCUT2D eigenvalue weighted by Gasteiger charge is -2.15. The molecule has 3 rings (SSSR count). The van der Waals surface area contributed by atoms with E-state index < -0.39 is 0 Å². The molecule has 3 aliphatic carbocycles. The van der Waals surface area contributed by atoms with E-state index in [9.17, 15) is 0 Å². The van der Waals surface area contributed by atoms with Gasteiger partial charge >= 0.3 is 0 Å². The molecule has 0 saturated heterocycles. The number of halogens is 3. The highest BCUT2D eigenvalue weighted by molar-refractivity contribution is 9.25. The van der Waals surface area contributed by atoms with E-state index in [1.165, 1.54) is 19.3 Å². The van der Waals surface area contributed by atoms with Gasteiger partial charge < -0.3 is 4.74 Å². The quantitative estimate of drug-likeness (QED) is 0.559. The summed E-state index contributed by atoms with van der Waals surface area (Å²) in [6.45, 7) is 0. The zero-order valence-corrected chi connectivity index (χ0v) is 13.8. The summed E-state index contributed by atoms with van der Waals surface area (Å²) in [5.41, 5.74) is 0.580. The van der Waals surface area contributed by atoms with Crippen molar-refractivity contribution in [2.24, 2.45) is 10.8 Å². The van der Waals surface area contributed by atoms with Gasteiger partial charge in [0.25, 0.3) is 0 Å². The Morgan fingerprint density at radius 1 is 1.31 bits per heavy atom. The molecule has 2 atom stereocenters. The number of alkyl halides is 2. The molecule has 4 heteroatoms. The summed E-state index contributed by atoms with van der Waals surface area (Å²) >= 11 is 11.4. The van der Waals surface area contributed by atoms with Crippen LogP contribution in [0.4, 0.5) is 0 Å². The van der Waals surface area contributed by atoms with Crippen molar-refractivity contribution >= 4 is 47.8 Å². The average molecular weight is 413 g/mol. The standard InChI is InChI=1S/C12H13Br3O/c1-16-9-7-11-5-2-4-10(11,12(11,14)15)6-3-8(9)13/h3,7H,2,4-6H2,1H3. The fourth-order valence-electron chi connectivity index (χ4n) is 3.67. The van der Waals surface area contributed by atoms with Crippen molar-refractivity contribution in [1.29, 1.82) is 0 Å². The molecule has 0 radical (unpaired) electrons. The van der Waals surface area contributed by atoms with Gasteiger partial charge in [-0.2, -0.15) is 0 Å². The Balaban J connectivity index is 2.12. The minimum absolute atomic E-state index is 0.0756. The third-order valence-corrected chi connectivity index (χ3v) is 8.24. The highest BCUT2D eigenvalue weighted by Gasteiger charge is 2.85. The highest BCUT2D eigenvalue weighted by Crippen LogP contribution is 2.89. The lowest BCUT2D eigenvalue weighted by Crippen LogP contribution is -2.08. The Labute approximate surface area is 121 Å². The van der Waals surface area contributed by atoms with Crippen molar-refractivity contribution < 1.29 is 4.74 Å². The molecule has 0 aromatic rings. The van der Waals surface area contributed by atoms with Crippen LogP contribution in [0.25, 0.3) is 0 Å². The average Bonchev–Trinajstić information content (AvgIpc) is 2.56. The summed E-state index contributed by atoms with van der Waals surface area (Å²) < 4.78 is 6.65. The number of rotatable bonds is 1. The first kappa shape index (κ1) is 11.8. The Morgan fingerprint density at radius 2 is 2.06 bits per heavy atom. The predicted molar refractivity (Wildman–Crippen MR) is 76.0 cm³/mol. The molecule has 88 valence electrons. The van der Waals surface area contributed by atoms with Crippen molar-refractivity contribution in [2.75, 3.05) is 7.11 Å². The molecule has 0 heterocycles. The lowest BCUT2D eigenvalue weighted by atomic mass is 9.94. The zero-order valence-electron chi connectivity index (χ0n) is 9.03. The van der Waals surface area contributed by atoms with Gasteiger partial charge in [-0.15, -0.1) is 0 Å². The smallest absolute Gasteiger partial charge is 0.129 e. The summed E-state index contributed by atoms with van der Waals surface area (Å²) in [6, 6.07) is 0. The summed E-state index contributed by atoms with van der Waals surface area (Å²) in [5.74, 6) is 0.976. The van der Waals surface area contributed by atoms with E-state index in [1.54, 1.807) is 7.11 Å². The Bertz CT molecular complexity index is 412. The molecule has 0 bridgehead atoms. The van der Waals surface area contributed by atoms with E-state index in [0.29, 0.717) is 5.41 Å². The first-order valence-corrected chi connectivity index (χ1v) is 7.89. The fourth-order valence-corrected chi connectivity index (χ4v) is 6.72. The molecule has 16 heavy (non-hydrogen) atoms. The van der Waals surface area contributed by atoms with Gasteiger partial charge in [0.2, 0.25) is 0 Å². The minimum Gasteiger partial charge on any atom is -0.496 e. The van der Waals surface area contributed by atoms with E-state index in [2.05, 4.69) is 59.9 Å². The largest absolute Gasteiger partial charge is 0.496 e. The van der Waals surface area contributed by atoms with Crippen molar-refractivity contribution in [1.82, 2.24) is 0 Å². The Morgan fingerprint density at radius 3 is 2.75 bits per heavy atom. The van der Waals surface area contributed by atoms with E-state index >= 15 is 0 Å². The van der Waals surface area contributed by atoms with Gasteiger partial charge in [0.15, 0.2) is 0 Å². The summed E-state index contributed by atoms with van der Waals surface area (Å²) in [5, 5.41) is 0. The molecule has 0 N–H and O–H groups in total. The summed E-state index contributed by atoms with van der Waals surface area (Å²) in [4.78, 5) is 0. The van der Waals surface area contributed by atoms with Crippen LogP contribution in [0.2, 0.25) is 0 Å². The number of allylic oxidation sites excluding steroid dienone is 3. The molecule has 0 spiro atoms. The van der Waals surface area contributed by atoms with Gasteiger partial charge in [-0.05, 0) is 41.3 Å². The third kappa shape index (κ3) is 1.08. The van der Waals surface area contributed by atoms with E-state index in [0.717, 1.165) is 16.7 Å². The zero-order chi connectivity index (χ0) is 11.6. The van der Waals surface area contributed by atoms with Crippen LogP contribution in [0.3, 0.4) is 0 Å². The fraction of sp³-hybridized carbons (Fsp3) is 0.667. The normalized spacial score (nSPS) is 43.8. The van der Waals surface area contributed by atoms with Gasteiger partial charge in [0.05, 0.1) is 14.8 Å². The molecule has 0 amide bonds. The van der Waals surface area contributed by atoms with Crippen LogP contribution < -0.4 is 0 Å². The molecule has 2 saturated carbocycles. The molecular weight excluding hydrogens is 400 g/mol. The first-order valence-electron chi connectivity index (χ1n) is 5.51. The van der Waals surface area contributed by atoms with Gasteiger partial charge in [-0.1, -0.05) is 44.4 Å². The maximum absolute atomic E-state index is 5.48. The summed E-state index contributed by atoms with van der Waals surface area (Å²) in [7, 11) is 1.74. The second-order valence-corrected chi connectivity index (χ2v) is 9.25.